The predicted octanol–water partition coefficient (Wildman–Crippen LogP) is 2.17. The largest absolute Gasteiger partial charge is 0.441 e. The monoisotopic (exact) mass is 256 g/mol. The molecule has 2 atom stereocenters. The smallest absolute Gasteiger partial charge is 0.317 e. The maximum Gasteiger partial charge on any atom is 0.441 e. The van der Waals surface area contributed by atoms with Crippen molar-refractivity contribution in [3.05, 3.63) is 0 Å². The first-order valence-corrected chi connectivity index (χ1v) is 6.51. The fourth-order valence-electron chi connectivity index (χ4n) is 2.15. The fraction of sp³-hybridized carbons (Fsp3) is 1.00. The number of thioether (sulfide) groups is 1. The van der Waals surface area contributed by atoms with Crippen molar-refractivity contribution in [1.82, 2.24) is 10.2 Å². The molecule has 2 nitrogen and oxygen atoms in total. The van der Waals surface area contributed by atoms with E-state index in [1.807, 2.05) is 7.05 Å². The lowest BCUT2D eigenvalue weighted by Crippen LogP contribution is -2.47. The van der Waals surface area contributed by atoms with Crippen LogP contribution in [0.4, 0.5) is 13.2 Å². The summed E-state index contributed by atoms with van der Waals surface area (Å²) in [6, 6.07) is 0.506. The molecule has 1 rings (SSSR count). The lowest BCUT2D eigenvalue weighted by Gasteiger charge is -2.36. The van der Waals surface area contributed by atoms with E-state index in [0.717, 1.165) is 19.5 Å². The van der Waals surface area contributed by atoms with Crippen molar-refractivity contribution in [3.8, 4) is 0 Å². The van der Waals surface area contributed by atoms with E-state index in [9.17, 15) is 13.2 Å². The van der Waals surface area contributed by atoms with E-state index >= 15 is 0 Å². The Hall–Kier alpha value is 0.0600. The van der Waals surface area contributed by atoms with E-state index in [4.69, 9.17) is 0 Å². The number of halogens is 3. The highest BCUT2D eigenvalue weighted by Gasteiger charge is 2.29. The Kier molecular flexibility index (Phi) is 5.40. The first-order chi connectivity index (χ1) is 7.42. The normalized spacial score (nSPS) is 28.3. The van der Waals surface area contributed by atoms with Gasteiger partial charge in [0.2, 0.25) is 0 Å². The number of piperidine rings is 1. The van der Waals surface area contributed by atoms with Gasteiger partial charge in [-0.25, -0.2) is 0 Å². The van der Waals surface area contributed by atoms with Crippen molar-refractivity contribution >= 4 is 11.8 Å². The maximum atomic E-state index is 11.9. The minimum Gasteiger partial charge on any atom is -0.317 e. The van der Waals surface area contributed by atoms with Gasteiger partial charge in [-0.15, -0.1) is 0 Å². The highest BCUT2D eigenvalue weighted by atomic mass is 32.2. The standard InChI is InChI=1S/C10H19F3N2S/c1-8-7-15(4-3-9(8)14-2)5-6-16-10(11,12)13/h8-9,14H,3-7H2,1-2H3. The number of hydrogen-bond acceptors (Lipinski definition) is 3. The summed E-state index contributed by atoms with van der Waals surface area (Å²) in [5, 5.41) is 3.24. The van der Waals surface area contributed by atoms with Crippen molar-refractivity contribution in [2.75, 3.05) is 32.4 Å². The molecule has 6 heteroatoms. The summed E-state index contributed by atoms with van der Waals surface area (Å²) in [6.45, 7) is 4.47. The molecule has 1 N–H and O–H groups in total. The van der Waals surface area contributed by atoms with Gasteiger partial charge in [0.05, 0.1) is 0 Å². The molecule has 0 aromatic rings. The summed E-state index contributed by atoms with van der Waals surface area (Å²) in [7, 11) is 1.94. The van der Waals surface area contributed by atoms with Gasteiger partial charge in [-0.3, -0.25) is 0 Å². The number of nitrogens with zero attached hydrogens (tertiary/aromatic N) is 1. The van der Waals surface area contributed by atoms with Crippen molar-refractivity contribution in [2.45, 2.75) is 24.9 Å². The van der Waals surface area contributed by atoms with Gasteiger partial charge in [-0.05, 0) is 37.7 Å². The predicted molar refractivity (Wildman–Crippen MR) is 61.6 cm³/mol. The average Bonchev–Trinajstić information content (AvgIpc) is 2.16. The van der Waals surface area contributed by atoms with Crippen molar-refractivity contribution < 1.29 is 13.2 Å². The second-order valence-electron chi connectivity index (χ2n) is 4.26. The first-order valence-electron chi connectivity index (χ1n) is 5.52. The summed E-state index contributed by atoms with van der Waals surface area (Å²) in [5.74, 6) is 0.648. The van der Waals surface area contributed by atoms with Crippen LogP contribution in [-0.2, 0) is 0 Å². The topological polar surface area (TPSA) is 15.3 Å². The van der Waals surface area contributed by atoms with Gasteiger partial charge in [0, 0.05) is 24.9 Å². The summed E-state index contributed by atoms with van der Waals surface area (Å²) in [5.41, 5.74) is -4.09. The van der Waals surface area contributed by atoms with Crippen molar-refractivity contribution in [2.24, 2.45) is 5.92 Å². The minimum absolute atomic E-state index is 0.0777. The van der Waals surface area contributed by atoms with Gasteiger partial charge in [-0.1, -0.05) is 6.92 Å². The molecule has 1 heterocycles. The molecule has 2 unspecified atom stereocenters. The van der Waals surface area contributed by atoms with Crippen LogP contribution in [0.3, 0.4) is 0 Å². The molecule has 0 aromatic heterocycles. The zero-order valence-corrected chi connectivity index (χ0v) is 10.5. The molecule has 16 heavy (non-hydrogen) atoms. The molecular weight excluding hydrogens is 237 g/mol. The van der Waals surface area contributed by atoms with Crippen LogP contribution in [0.2, 0.25) is 0 Å². The number of nitrogens with one attached hydrogen (secondary N) is 1. The second-order valence-corrected chi connectivity index (χ2v) is 5.42. The van der Waals surface area contributed by atoms with Crippen LogP contribution in [-0.4, -0.2) is 48.9 Å². The molecule has 0 aromatic carbocycles. The van der Waals surface area contributed by atoms with Crippen LogP contribution in [0.5, 0.6) is 0 Å². The van der Waals surface area contributed by atoms with Gasteiger partial charge in [0.25, 0.3) is 0 Å². The number of hydrogen-bond donors (Lipinski definition) is 1. The van der Waals surface area contributed by atoms with Crippen LogP contribution < -0.4 is 5.32 Å². The Balaban J connectivity index is 2.20. The van der Waals surface area contributed by atoms with Gasteiger partial charge >= 0.3 is 5.51 Å². The highest BCUT2D eigenvalue weighted by Crippen LogP contribution is 2.30. The van der Waals surface area contributed by atoms with Gasteiger partial charge in [0.15, 0.2) is 0 Å². The van der Waals surface area contributed by atoms with E-state index in [0.29, 0.717) is 18.5 Å². The van der Waals surface area contributed by atoms with Crippen molar-refractivity contribution in [1.29, 1.82) is 0 Å². The van der Waals surface area contributed by atoms with Crippen LogP contribution in [0, 0.1) is 5.92 Å². The molecule has 1 saturated heterocycles. The lowest BCUT2D eigenvalue weighted by atomic mass is 9.94. The van der Waals surface area contributed by atoms with E-state index in [1.165, 1.54) is 0 Å². The van der Waals surface area contributed by atoms with E-state index in [1.54, 1.807) is 0 Å². The van der Waals surface area contributed by atoms with E-state index in [2.05, 4.69) is 17.1 Å². The summed E-state index contributed by atoms with van der Waals surface area (Å²) >= 11 is 0.0777. The summed E-state index contributed by atoms with van der Waals surface area (Å²) in [6.07, 6.45) is 1.02. The first kappa shape index (κ1) is 14.1. The minimum atomic E-state index is -4.09. The Morgan fingerprint density at radius 2 is 2.12 bits per heavy atom. The highest BCUT2D eigenvalue weighted by molar-refractivity contribution is 8.00. The fourth-order valence-corrected chi connectivity index (χ4v) is 2.74. The Bertz CT molecular complexity index is 211. The molecule has 0 radical (unpaired) electrons. The summed E-state index contributed by atoms with van der Waals surface area (Å²) in [4.78, 5) is 2.12. The number of alkyl halides is 3. The van der Waals surface area contributed by atoms with Crippen LogP contribution in [0.25, 0.3) is 0 Å². The summed E-state index contributed by atoms with van der Waals surface area (Å²) < 4.78 is 35.8. The lowest BCUT2D eigenvalue weighted by molar-refractivity contribution is -0.0329. The van der Waals surface area contributed by atoms with Crippen LogP contribution in [0.1, 0.15) is 13.3 Å². The quantitative estimate of drug-likeness (QED) is 0.830. The molecule has 96 valence electrons. The molecule has 0 saturated carbocycles. The molecule has 1 fully saturated rings. The molecule has 0 amide bonds. The molecule has 0 bridgehead atoms. The van der Waals surface area contributed by atoms with E-state index in [-0.39, 0.29) is 17.5 Å². The SMILES string of the molecule is CNC1CCN(CCSC(F)(F)F)CC1C. The van der Waals surface area contributed by atoms with Crippen LogP contribution >= 0.6 is 11.8 Å². The third-order valence-electron chi connectivity index (χ3n) is 3.03. The molecular formula is C10H19F3N2S. The Labute approximate surface area is 98.9 Å². The van der Waals surface area contributed by atoms with Gasteiger partial charge < -0.3 is 10.2 Å². The van der Waals surface area contributed by atoms with Crippen molar-refractivity contribution in [3.63, 3.8) is 0 Å². The molecule has 1 aliphatic heterocycles. The zero-order valence-electron chi connectivity index (χ0n) is 9.68. The maximum absolute atomic E-state index is 11.9. The number of likely N-dealkylation sites (tertiary alicyclic amines) is 1. The Morgan fingerprint density at radius 3 is 2.62 bits per heavy atom. The van der Waals surface area contributed by atoms with E-state index < -0.39 is 5.51 Å². The molecule has 0 aliphatic carbocycles. The van der Waals surface area contributed by atoms with Crippen LogP contribution in [0.15, 0.2) is 0 Å². The third kappa shape index (κ3) is 4.93. The van der Waals surface area contributed by atoms with Gasteiger partial charge in [-0.2, -0.15) is 13.2 Å². The average molecular weight is 256 g/mol. The van der Waals surface area contributed by atoms with Gasteiger partial charge in [0.1, 0.15) is 0 Å². The molecule has 1 aliphatic rings. The zero-order chi connectivity index (χ0) is 12.2. The third-order valence-corrected chi connectivity index (χ3v) is 3.75. The Morgan fingerprint density at radius 1 is 1.44 bits per heavy atom. The number of rotatable bonds is 4. The molecule has 0 spiro atoms. The second kappa shape index (κ2) is 6.12.